The van der Waals surface area contributed by atoms with Crippen LogP contribution in [0.15, 0.2) is 54.7 Å². The first-order valence-corrected chi connectivity index (χ1v) is 8.64. The van der Waals surface area contributed by atoms with E-state index in [0.717, 1.165) is 16.8 Å². The Kier molecular flexibility index (Phi) is 3.15. The van der Waals surface area contributed by atoms with Gasteiger partial charge in [0.15, 0.2) is 0 Å². The van der Waals surface area contributed by atoms with Gasteiger partial charge in [0.05, 0.1) is 5.69 Å². The summed E-state index contributed by atoms with van der Waals surface area (Å²) in [6.45, 7) is 5.99. The summed E-state index contributed by atoms with van der Waals surface area (Å²) >= 11 is 1.84. The molecule has 0 aliphatic rings. The predicted molar refractivity (Wildman–Crippen MR) is 101 cm³/mol. The van der Waals surface area contributed by atoms with Crippen molar-refractivity contribution < 1.29 is 1.37 Å². The normalized spacial score (nSPS) is 12.7. The fourth-order valence-corrected chi connectivity index (χ4v) is 4.34. The van der Waals surface area contributed by atoms with Crippen molar-refractivity contribution in [1.29, 1.82) is 0 Å². The number of rotatable bonds is 2. The molecule has 0 radical (unpaired) electrons. The fourth-order valence-electron chi connectivity index (χ4n) is 3.05. The van der Waals surface area contributed by atoms with Crippen molar-refractivity contribution in [2.75, 3.05) is 0 Å². The summed E-state index contributed by atoms with van der Waals surface area (Å²) in [5.41, 5.74) is 4.40. The Morgan fingerprint density at radius 1 is 1.00 bits per heavy atom. The number of nitrogens with zero attached hydrogens (tertiary/aromatic N) is 1. The maximum atomic E-state index is 8.29. The Hall–Kier alpha value is -2.19. The SMILES string of the molecule is [2H]C(C)(C)c1ccnc(-c2cccc3c2sc2c(C)cccc23)c1. The lowest BCUT2D eigenvalue weighted by atomic mass is 10.0. The molecule has 23 heavy (non-hydrogen) atoms. The second kappa shape index (κ2) is 5.47. The van der Waals surface area contributed by atoms with E-state index < -0.39 is 5.89 Å². The highest BCUT2D eigenvalue weighted by Crippen LogP contribution is 2.40. The minimum absolute atomic E-state index is 0.623. The third-order valence-corrected chi connectivity index (χ3v) is 5.72. The van der Waals surface area contributed by atoms with E-state index in [0.29, 0.717) is 0 Å². The number of benzene rings is 2. The molecule has 1 nitrogen and oxygen atoms in total. The fraction of sp³-hybridized carbons (Fsp3) is 0.190. The van der Waals surface area contributed by atoms with Crippen molar-refractivity contribution in [2.24, 2.45) is 0 Å². The molecule has 114 valence electrons. The molecule has 4 rings (SSSR count). The molecule has 2 heteroatoms. The van der Waals surface area contributed by atoms with Gasteiger partial charge in [0, 0.05) is 33.3 Å². The molecule has 2 aromatic carbocycles. The molecule has 0 aliphatic carbocycles. The van der Waals surface area contributed by atoms with Crippen molar-refractivity contribution in [3.05, 3.63) is 65.9 Å². The van der Waals surface area contributed by atoms with Gasteiger partial charge in [0.25, 0.3) is 0 Å². The van der Waals surface area contributed by atoms with Crippen LogP contribution in [0.3, 0.4) is 0 Å². The lowest BCUT2D eigenvalue weighted by molar-refractivity contribution is 0.864. The zero-order valence-corrected chi connectivity index (χ0v) is 14.4. The standard InChI is InChI=1S/C21H19NS/c1-13(2)15-10-11-22-19(12-15)18-9-5-8-17-16-7-4-6-14(3)20(16)23-21(17)18/h4-13H,1-3H3/i13D. The van der Waals surface area contributed by atoms with Crippen molar-refractivity contribution in [3.63, 3.8) is 0 Å². The third-order valence-electron chi connectivity index (χ3n) is 4.33. The largest absolute Gasteiger partial charge is 0.256 e. The molecule has 0 saturated heterocycles. The van der Waals surface area contributed by atoms with Gasteiger partial charge < -0.3 is 0 Å². The van der Waals surface area contributed by atoms with Gasteiger partial charge in [0.2, 0.25) is 0 Å². The van der Waals surface area contributed by atoms with E-state index in [9.17, 15) is 0 Å². The van der Waals surface area contributed by atoms with Gasteiger partial charge in [-0.2, -0.15) is 0 Å². The highest BCUT2D eigenvalue weighted by atomic mass is 32.1. The summed E-state index contributed by atoms with van der Waals surface area (Å²) in [4.78, 5) is 4.59. The van der Waals surface area contributed by atoms with Gasteiger partial charge in [-0.05, 0) is 36.1 Å². The number of fused-ring (bicyclic) bond motifs is 3. The van der Waals surface area contributed by atoms with Gasteiger partial charge in [-0.25, -0.2) is 0 Å². The molecular weight excluding hydrogens is 298 g/mol. The molecule has 0 saturated carbocycles. The molecule has 0 N–H and O–H groups in total. The monoisotopic (exact) mass is 318 g/mol. The van der Waals surface area contributed by atoms with E-state index in [4.69, 9.17) is 1.37 Å². The number of thiophene rings is 1. The maximum absolute atomic E-state index is 8.29. The highest BCUT2D eigenvalue weighted by molar-refractivity contribution is 7.26. The molecular formula is C21H19NS. The molecule has 2 heterocycles. The van der Waals surface area contributed by atoms with Gasteiger partial charge >= 0.3 is 0 Å². The topological polar surface area (TPSA) is 12.9 Å². The minimum atomic E-state index is -0.623. The van der Waals surface area contributed by atoms with E-state index >= 15 is 0 Å². The molecule has 2 aromatic heterocycles. The van der Waals surface area contributed by atoms with Crippen molar-refractivity contribution in [2.45, 2.75) is 26.7 Å². The first kappa shape index (κ1) is 13.3. The molecule has 0 bridgehead atoms. The van der Waals surface area contributed by atoms with Gasteiger partial charge in [-0.15, -0.1) is 11.3 Å². The molecule has 0 aliphatic heterocycles. The Balaban J connectivity index is 2.01. The first-order valence-electron chi connectivity index (χ1n) is 8.33. The molecule has 0 spiro atoms. The van der Waals surface area contributed by atoms with Gasteiger partial charge in [-0.1, -0.05) is 50.2 Å². The molecule has 0 amide bonds. The van der Waals surface area contributed by atoms with Crippen LogP contribution in [0.5, 0.6) is 0 Å². The number of pyridine rings is 1. The average Bonchev–Trinajstić information content (AvgIpc) is 2.94. The van der Waals surface area contributed by atoms with Crippen molar-refractivity contribution in [1.82, 2.24) is 4.98 Å². The third kappa shape index (κ3) is 2.34. The lowest BCUT2D eigenvalue weighted by Gasteiger charge is -2.08. The number of aryl methyl sites for hydroxylation is 1. The van der Waals surface area contributed by atoms with Crippen LogP contribution in [0.2, 0.25) is 0 Å². The summed E-state index contributed by atoms with van der Waals surface area (Å²) in [5, 5.41) is 2.60. The molecule has 0 unspecified atom stereocenters. The van der Waals surface area contributed by atoms with Crippen LogP contribution in [0.1, 0.15) is 32.2 Å². The summed E-state index contributed by atoms with van der Waals surface area (Å²) < 4.78 is 10.9. The Bertz CT molecular complexity index is 1060. The van der Waals surface area contributed by atoms with Crippen LogP contribution in [0.4, 0.5) is 0 Å². The molecule has 0 atom stereocenters. The van der Waals surface area contributed by atoms with Crippen LogP contribution in [-0.4, -0.2) is 4.98 Å². The minimum Gasteiger partial charge on any atom is -0.256 e. The summed E-state index contributed by atoms with van der Waals surface area (Å²) in [7, 11) is 0. The molecule has 0 fully saturated rings. The molecule has 4 aromatic rings. The van der Waals surface area contributed by atoms with Crippen LogP contribution < -0.4 is 0 Å². The van der Waals surface area contributed by atoms with Crippen LogP contribution >= 0.6 is 11.3 Å². The summed E-state index contributed by atoms with van der Waals surface area (Å²) in [6, 6.07) is 16.9. The van der Waals surface area contributed by atoms with Crippen molar-refractivity contribution >= 4 is 31.5 Å². The quantitative estimate of drug-likeness (QED) is 0.408. The number of hydrogen-bond acceptors (Lipinski definition) is 2. The Morgan fingerprint density at radius 3 is 2.52 bits per heavy atom. The number of aromatic nitrogens is 1. The van der Waals surface area contributed by atoms with E-state index in [1.54, 1.807) is 0 Å². The summed E-state index contributed by atoms with van der Waals surface area (Å²) in [5.74, 6) is -0.623. The van der Waals surface area contributed by atoms with Crippen LogP contribution in [0, 0.1) is 6.92 Å². The van der Waals surface area contributed by atoms with E-state index in [2.05, 4.69) is 54.4 Å². The summed E-state index contributed by atoms with van der Waals surface area (Å²) in [6.07, 6.45) is 1.82. The first-order chi connectivity index (χ1) is 11.4. The average molecular weight is 318 g/mol. The highest BCUT2D eigenvalue weighted by Gasteiger charge is 2.12. The lowest BCUT2D eigenvalue weighted by Crippen LogP contribution is -1.90. The van der Waals surface area contributed by atoms with E-state index in [1.165, 1.54) is 25.7 Å². The Labute approximate surface area is 142 Å². The van der Waals surface area contributed by atoms with Crippen molar-refractivity contribution in [3.8, 4) is 11.3 Å². The smallest absolute Gasteiger partial charge is 0.0719 e. The van der Waals surface area contributed by atoms with Crippen LogP contribution in [-0.2, 0) is 0 Å². The van der Waals surface area contributed by atoms with E-state index in [1.807, 2.05) is 37.4 Å². The Morgan fingerprint density at radius 2 is 1.74 bits per heavy atom. The zero-order valence-electron chi connectivity index (χ0n) is 14.6. The van der Waals surface area contributed by atoms with Crippen LogP contribution in [0.25, 0.3) is 31.4 Å². The second-order valence-corrected chi connectivity index (χ2v) is 7.19. The zero-order chi connectivity index (χ0) is 16.9. The second-order valence-electron chi connectivity index (χ2n) is 6.17. The van der Waals surface area contributed by atoms with E-state index in [-0.39, 0.29) is 0 Å². The maximum Gasteiger partial charge on any atom is 0.0719 e. The predicted octanol–water partition coefficient (Wildman–Crippen LogP) is 6.55. The number of hydrogen-bond donors (Lipinski definition) is 0. The van der Waals surface area contributed by atoms with Gasteiger partial charge in [-0.3, -0.25) is 4.98 Å². The van der Waals surface area contributed by atoms with Gasteiger partial charge in [0.1, 0.15) is 0 Å².